The van der Waals surface area contributed by atoms with Crippen LogP contribution in [0.5, 0.6) is 0 Å². The SMILES string of the molecule is CC(=O)C(O)Cc1[nH]ccc1C(=O)C1(C)C=CC(C)(Cl)C=C1. The molecule has 1 aliphatic carbocycles. The summed E-state index contributed by atoms with van der Waals surface area (Å²) in [6, 6.07) is 1.67. The zero-order valence-corrected chi connectivity index (χ0v) is 13.6. The highest BCUT2D eigenvalue weighted by atomic mass is 35.5. The number of hydrogen-bond donors (Lipinski definition) is 2. The van der Waals surface area contributed by atoms with Gasteiger partial charge in [-0.3, -0.25) is 9.59 Å². The van der Waals surface area contributed by atoms with Crippen molar-refractivity contribution in [3.05, 3.63) is 47.8 Å². The third-order valence-electron chi connectivity index (χ3n) is 3.94. The Hall–Kier alpha value is -1.65. The predicted molar refractivity (Wildman–Crippen MR) is 86.2 cm³/mol. The molecule has 1 unspecified atom stereocenters. The second kappa shape index (κ2) is 5.86. The van der Waals surface area contributed by atoms with Crippen LogP contribution in [-0.2, 0) is 11.2 Å². The quantitative estimate of drug-likeness (QED) is 0.498. The summed E-state index contributed by atoms with van der Waals surface area (Å²) in [5, 5.41) is 9.72. The Morgan fingerprint density at radius 3 is 2.41 bits per heavy atom. The van der Waals surface area contributed by atoms with Crippen LogP contribution in [0.1, 0.15) is 36.8 Å². The number of allylic oxidation sites excluding steroid dienone is 4. The van der Waals surface area contributed by atoms with E-state index in [1.807, 2.05) is 13.8 Å². The van der Waals surface area contributed by atoms with Crippen molar-refractivity contribution in [3.63, 3.8) is 0 Å². The number of aliphatic hydroxyl groups is 1. The van der Waals surface area contributed by atoms with Gasteiger partial charge >= 0.3 is 0 Å². The molecule has 0 aliphatic heterocycles. The first-order valence-electron chi connectivity index (χ1n) is 7.14. The van der Waals surface area contributed by atoms with Gasteiger partial charge in [0, 0.05) is 23.9 Å². The summed E-state index contributed by atoms with van der Waals surface area (Å²) in [6.07, 6.45) is 7.80. The van der Waals surface area contributed by atoms with E-state index < -0.39 is 16.4 Å². The Bertz CT molecular complexity index is 639. The zero-order chi connectivity index (χ0) is 16.5. The summed E-state index contributed by atoms with van der Waals surface area (Å²) in [4.78, 5) is 26.4. The number of Topliss-reactive ketones (excluding diaryl/α,β-unsaturated/α-hetero) is 2. The van der Waals surface area contributed by atoms with E-state index in [-0.39, 0.29) is 18.0 Å². The Morgan fingerprint density at radius 2 is 1.86 bits per heavy atom. The number of aromatic nitrogens is 1. The summed E-state index contributed by atoms with van der Waals surface area (Å²) < 4.78 is 0. The van der Waals surface area contributed by atoms with E-state index in [1.54, 1.807) is 36.6 Å². The maximum absolute atomic E-state index is 12.8. The predicted octanol–water partition coefficient (Wildman–Crippen LogP) is 2.82. The number of carbonyl (C=O) groups is 2. The number of H-pyrrole nitrogens is 1. The number of halogens is 1. The molecule has 0 fully saturated rings. The lowest BCUT2D eigenvalue weighted by Gasteiger charge is -2.28. The molecule has 5 heteroatoms. The molecule has 0 saturated carbocycles. The second-order valence-electron chi connectivity index (χ2n) is 6.13. The Kier molecular flexibility index (Phi) is 4.45. The van der Waals surface area contributed by atoms with Gasteiger partial charge in [-0.1, -0.05) is 24.3 Å². The van der Waals surface area contributed by atoms with Crippen LogP contribution < -0.4 is 0 Å². The lowest BCUT2D eigenvalue weighted by Crippen LogP contribution is -2.29. The van der Waals surface area contributed by atoms with Crippen LogP contribution in [0.3, 0.4) is 0 Å². The van der Waals surface area contributed by atoms with E-state index in [0.29, 0.717) is 11.3 Å². The Morgan fingerprint density at radius 1 is 1.27 bits per heavy atom. The van der Waals surface area contributed by atoms with Gasteiger partial charge in [0.05, 0.1) is 10.3 Å². The molecule has 1 heterocycles. The smallest absolute Gasteiger partial charge is 0.178 e. The fourth-order valence-electron chi connectivity index (χ4n) is 2.35. The molecule has 22 heavy (non-hydrogen) atoms. The fourth-order valence-corrected chi connectivity index (χ4v) is 2.47. The van der Waals surface area contributed by atoms with Gasteiger partial charge in [-0.2, -0.15) is 0 Å². The van der Waals surface area contributed by atoms with Gasteiger partial charge in [-0.15, -0.1) is 11.6 Å². The summed E-state index contributed by atoms with van der Waals surface area (Å²) in [7, 11) is 0. The highest BCUT2D eigenvalue weighted by Gasteiger charge is 2.34. The minimum absolute atomic E-state index is 0.0974. The molecule has 2 rings (SSSR count). The van der Waals surface area contributed by atoms with Crippen molar-refractivity contribution in [2.45, 2.75) is 38.2 Å². The second-order valence-corrected chi connectivity index (χ2v) is 6.94. The number of hydrogen-bond acceptors (Lipinski definition) is 3. The Balaban J connectivity index is 2.27. The van der Waals surface area contributed by atoms with E-state index in [0.717, 1.165) is 0 Å². The van der Waals surface area contributed by atoms with Gasteiger partial charge in [0.25, 0.3) is 0 Å². The lowest BCUT2D eigenvalue weighted by molar-refractivity contribution is -0.124. The number of ketones is 2. The van der Waals surface area contributed by atoms with Crippen LogP contribution in [0.15, 0.2) is 36.6 Å². The molecule has 0 amide bonds. The first-order chi connectivity index (χ1) is 10.1. The van der Waals surface area contributed by atoms with E-state index in [4.69, 9.17) is 11.6 Å². The average Bonchev–Trinajstić information content (AvgIpc) is 2.89. The van der Waals surface area contributed by atoms with Crippen LogP contribution >= 0.6 is 11.6 Å². The normalized spacial score (nSPS) is 28.6. The van der Waals surface area contributed by atoms with Crippen LogP contribution in [0.4, 0.5) is 0 Å². The number of aliphatic hydroxyl groups excluding tert-OH is 1. The minimum atomic E-state index is -1.11. The van der Waals surface area contributed by atoms with E-state index in [1.165, 1.54) is 6.92 Å². The molecule has 1 aromatic rings. The van der Waals surface area contributed by atoms with E-state index in [2.05, 4.69) is 4.98 Å². The molecule has 2 N–H and O–H groups in total. The molecule has 0 aromatic carbocycles. The van der Waals surface area contributed by atoms with Gasteiger partial charge in [-0.25, -0.2) is 0 Å². The van der Waals surface area contributed by atoms with Gasteiger partial charge in [0.15, 0.2) is 11.6 Å². The Labute approximate surface area is 134 Å². The summed E-state index contributed by atoms with van der Waals surface area (Å²) >= 11 is 6.20. The minimum Gasteiger partial charge on any atom is -0.385 e. The first kappa shape index (κ1) is 16.7. The topological polar surface area (TPSA) is 70.2 Å². The zero-order valence-electron chi connectivity index (χ0n) is 12.9. The maximum Gasteiger partial charge on any atom is 0.178 e. The molecule has 1 aliphatic rings. The number of nitrogens with one attached hydrogen (secondary N) is 1. The molecule has 4 nitrogen and oxygen atoms in total. The van der Waals surface area contributed by atoms with Crippen molar-refractivity contribution < 1.29 is 14.7 Å². The molecule has 118 valence electrons. The van der Waals surface area contributed by atoms with Gasteiger partial charge in [-0.05, 0) is 26.8 Å². The summed E-state index contributed by atoms with van der Waals surface area (Å²) in [6.45, 7) is 4.98. The molecule has 0 spiro atoms. The third kappa shape index (κ3) is 3.39. The van der Waals surface area contributed by atoms with Crippen molar-refractivity contribution in [1.82, 2.24) is 4.98 Å². The molecular formula is C17H20ClNO3. The van der Waals surface area contributed by atoms with Crippen molar-refractivity contribution in [2.75, 3.05) is 0 Å². The van der Waals surface area contributed by atoms with Crippen molar-refractivity contribution in [2.24, 2.45) is 5.41 Å². The van der Waals surface area contributed by atoms with Crippen molar-refractivity contribution in [3.8, 4) is 0 Å². The monoisotopic (exact) mass is 321 g/mol. The number of carbonyl (C=O) groups excluding carboxylic acids is 2. The third-order valence-corrected chi connectivity index (χ3v) is 4.20. The summed E-state index contributed by atoms with van der Waals surface area (Å²) in [5.74, 6) is -0.422. The summed E-state index contributed by atoms with van der Waals surface area (Å²) in [5.41, 5.74) is 0.261. The van der Waals surface area contributed by atoms with Crippen LogP contribution in [0.2, 0.25) is 0 Å². The number of alkyl halides is 1. The fraction of sp³-hybridized carbons (Fsp3) is 0.412. The highest BCUT2D eigenvalue weighted by molar-refractivity contribution is 6.26. The largest absolute Gasteiger partial charge is 0.385 e. The van der Waals surface area contributed by atoms with Gasteiger partial charge in [0.1, 0.15) is 6.10 Å². The highest BCUT2D eigenvalue weighted by Crippen LogP contribution is 2.35. The number of aromatic amines is 1. The van der Waals surface area contributed by atoms with Crippen LogP contribution in [-0.4, -0.2) is 32.6 Å². The maximum atomic E-state index is 12.8. The van der Waals surface area contributed by atoms with Crippen molar-refractivity contribution in [1.29, 1.82) is 0 Å². The van der Waals surface area contributed by atoms with Crippen LogP contribution in [0.25, 0.3) is 0 Å². The average molecular weight is 322 g/mol. The molecular weight excluding hydrogens is 302 g/mol. The standard InChI is InChI=1S/C17H20ClNO3/c1-11(20)14(21)10-13-12(4-9-19-13)15(22)16(2)5-7-17(3,18)8-6-16/h4-9,14,19,21H,10H2,1-3H3. The van der Waals surface area contributed by atoms with Gasteiger partial charge in [0.2, 0.25) is 0 Å². The van der Waals surface area contributed by atoms with Crippen molar-refractivity contribution >= 4 is 23.2 Å². The lowest BCUT2D eigenvalue weighted by atomic mass is 9.77. The van der Waals surface area contributed by atoms with Crippen LogP contribution in [0, 0.1) is 5.41 Å². The van der Waals surface area contributed by atoms with E-state index in [9.17, 15) is 14.7 Å². The molecule has 0 radical (unpaired) electrons. The molecule has 0 bridgehead atoms. The molecule has 1 atom stereocenters. The van der Waals surface area contributed by atoms with E-state index >= 15 is 0 Å². The van der Waals surface area contributed by atoms with Gasteiger partial charge < -0.3 is 10.1 Å². The molecule has 0 saturated heterocycles. The molecule has 1 aromatic heterocycles. The first-order valence-corrected chi connectivity index (χ1v) is 7.52. The number of rotatable bonds is 5.